The molecule has 3 N–H and O–H groups in total. The fraction of sp³-hybridized carbons (Fsp3) is 0.909. The van der Waals surface area contributed by atoms with E-state index in [1.165, 1.54) is 0 Å². The van der Waals surface area contributed by atoms with Crippen LogP contribution in [0.5, 0.6) is 0 Å². The minimum absolute atomic E-state index is 0.0735. The van der Waals surface area contributed by atoms with Crippen molar-refractivity contribution >= 4 is 5.91 Å². The highest BCUT2D eigenvalue weighted by Crippen LogP contribution is 2.07. The number of hydrogen-bond acceptors (Lipinski definition) is 3. The highest BCUT2D eigenvalue weighted by atomic mass is 16.2. The molecule has 90 valence electrons. The second-order valence-corrected chi connectivity index (χ2v) is 4.45. The minimum Gasteiger partial charge on any atom is -0.299 e. The molecule has 4 heteroatoms. The summed E-state index contributed by atoms with van der Waals surface area (Å²) in [5, 5.41) is 0. The van der Waals surface area contributed by atoms with E-state index < -0.39 is 0 Å². The summed E-state index contributed by atoms with van der Waals surface area (Å²) in [6.07, 6.45) is 2.48. The first-order valence-electron chi connectivity index (χ1n) is 5.74. The summed E-state index contributed by atoms with van der Waals surface area (Å²) in [6, 6.07) is 1.13. The lowest BCUT2D eigenvalue weighted by molar-refractivity contribution is -0.121. The van der Waals surface area contributed by atoms with Crippen LogP contribution in [0.15, 0.2) is 0 Å². The van der Waals surface area contributed by atoms with E-state index in [1.807, 2.05) is 0 Å². The smallest absolute Gasteiger partial charge is 0.233 e. The van der Waals surface area contributed by atoms with E-state index in [4.69, 9.17) is 5.84 Å². The molecule has 0 spiro atoms. The third-order valence-electron chi connectivity index (χ3n) is 2.56. The number of carbonyl (C=O) groups excluding carboxylic acids is 1. The van der Waals surface area contributed by atoms with Crippen LogP contribution >= 0.6 is 0 Å². The Morgan fingerprint density at radius 2 is 1.73 bits per heavy atom. The Hall–Kier alpha value is -0.610. The van der Waals surface area contributed by atoms with Gasteiger partial charge in [0.15, 0.2) is 0 Å². The molecular formula is C11H25N3O. The Labute approximate surface area is 93.2 Å². The van der Waals surface area contributed by atoms with Gasteiger partial charge < -0.3 is 0 Å². The highest BCUT2D eigenvalue weighted by Gasteiger charge is 2.12. The molecule has 1 amide bonds. The van der Waals surface area contributed by atoms with Gasteiger partial charge in [0.05, 0.1) is 0 Å². The van der Waals surface area contributed by atoms with Crippen LogP contribution in [0.25, 0.3) is 0 Å². The third kappa shape index (κ3) is 6.47. The van der Waals surface area contributed by atoms with Crippen LogP contribution in [0.4, 0.5) is 0 Å². The number of nitrogens with zero attached hydrogens (tertiary/aromatic N) is 1. The predicted molar refractivity (Wildman–Crippen MR) is 63.2 cm³/mol. The van der Waals surface area contributed by atoms with E-state index in [0.29, 0.717) is 18.5 Å². The SMILES string of the molecule is CC(C)N(CCCCC(=O)NN)C(C)C. The molecule has 0 aromatic carbocycles. The first-order chi connectivity index (χ1) is 6.99. The molecule has 0 aliphatic heterocycles. The van der Waals surface area contributed by atoms with Gasteiger partial charge in [0.25, 0.3) is 0 Å². The van der Waals surface area contributed by atoms with Gasteiger partial charge in [-0.15, -0.1) is 0 Å². The average Bonchev–Trinajstić information content (AvgIpc) is 2.15. The summed E-state index contributed by atoms with van der Waals surface area (Å²) >= 11 is 0. The van der Waals surface area contributed by atoms with Crippen molar-refractivity contribution in [2.45, 2.75) is 59.0 Å². The molecule has 0 saturated carbocycles. The molecule has 0 fully saturated rings. The fourth-order valence-electron chi connectivity index (χ4n) is 1.76. The summed E-state index contributed by atoms with van der Waals surface area (Å²) < 4.78 is 0. The van der Waals surface area contributed by atoms with Crippen molar-refractivity contribution in [2.24, 2.45) is 5.84 Å². The normalized spacial score (nSPS) is 11.5. The summed E-state index contributed by atoms with van der Waals surface area (Å²) in [5.74, 6) is 4.93. The zero-order valence-corrected chi connectivity index (χ0v) is 10.4. The largest absolute Gasteiger partial charge is 0.299 e. The predicted octanol–water partition coefficient (Wildman–Crippen LogP) is 1.27. The molecule has 15 heavy (non-hydrogen) atoms. The molecule has 0 radical (unpaired) electrons. The third-order valence-corrected chi connectivity index (χ3v) is 2.56. The number of nitrogens with one attached hydrogen (secondary N) is 1. The maximum absolute atomic E-state index is 10.9. The lowest BCUT2D eigenvalue weighted by Gasteiger charge is -2.30. The van der Waals surface area contributed by atoms with Gasteiger partial charge in [0, 0.05) is 18.5 Å². The lowest BCUT2D eigenvalue weighted by atomic mass is 10.1. The van der Waals surface area contributed by atoms with Crippen LogP contribution < -0.4 is 11.3 Å². The molecule has 0 saturated heterocycles. The second-order valence-electron chi connectivity index (χ2n) is 4.45. The number of hydrazine groups is 1. The highest BCUT2D eigenvalue weighted by molar-refractivity contribution is 5.75. The van der Waals surface area contributed by atoms with Gasteiger partial charge in [0.1, 0.15) is 0 Å². The van der Waals surface area contributed by atoms with E-state index >= 15 is 0 Å². The van der Waals surface area contributed by atoms with Crippen LogP contribution in [-0.2, 0) is 4.79 Å². The molecule has 0 bridgehead atoms. The molecule has 0 aromatic rings. The zero-order valence-electron chi connectivity index (χ0n) is 10.4. The molecule has 0 aliphatic carbocycles. The Kier molecular flexibility index (Phi) is 7.34. The Balaban J connectivity index is 3.68. The topological polar surface area (TPSA) is 58.4 Å². The van der Waals surface area contributed by atoms with Gasteiger partial charge >= 0.3 is 0 Å². The van der Waals surface area contributed by atoms with Crippen molar-refractivity contribution in [3.05, 3.63) is 0 Å². The van der Waals surface area contributed by atoms with Crippen molar-refractivity contribution in [3.63, 3.8) is 0 Å². The van der Waals surface area contributed by atoms with Gasteiger partial charge in [-0.1, -0.05) is 0 Å². The van der Waals surface area contributed by atoms with E-state index in [0.717, 1.165) is 19.4 Å². The van der Waals surface area contributed by atoms with E-state index in [1.54, 1.807) is 0 Å². The molecule has 0 aromatic heterocycles. The van der Waals surface area contributed by atoms with Crippen molar-refractivity contribution in [1.82, 2.24) is 10.3 Å². The number of carbonyl (C=O) groups is 1. The van der Waals surface area contributed by atoms with Crippen molar-refractivity contribution in [2.75, 3.05) is 6.54 Å². The first kappa shape index (κ1) is 14.4. The summed E-state index contributed by atoms with van der Waals surface area (Å²) in [6.45, 7) is 9.85. The molecule has 0 aliphatic rings. The summed E-state index contributed by atoms with van der Waals surface area (Å²) in [7, 11) is 0. The molecule has 0 atom stereocenters. The molecule has 0 heterocycles. The van der Waals surface area contributed by atoms with Crippen LogP contribution in [0.2, 0.25) is 0 Å². The van der Waals surface area contributed by atoms with Crippen molar-refractivity contribution in [3.8, 4) is 0 Å². The van der Waals surface area contributed by atoms with Crippen molar-refractivity contribution in [1.29, 1.82) is 0 Å². The first-order valence-corrected chi connectivity index (χ1v) is 5.74. The maximum atomic E-state index is 10.9. The molecular weight excluding hydrogens is 190 g/mol. The maximum Gasteiger partial charge on any atom is 0.233 e. The van der Waals surface area contributed by atoms with Crippen LogP contribution in [0.1, 0.15) is 47.0 Å². The van der Waals surface area contributed by atoms with E-state index in [-0.39, 0.29) is 5.91 Å². The van der Waals surface area contributed by atoms with Gasteiger partial charge in [-0.05, 0) is 47.1 Å². The van der Waals surface area contributed by atoms with Crippen LogP contribution in [0, 0.1) is 0 Å². The number of nitrogens with two attached hydrogens (primary N) is 1. The average molecular weight is 215 g/mol. The quantitative estimate of drug-likeness (QED) is 0.291. The Morgan fingerprint density at radius 1 is 1.20 bits per heavy atom. The molecule has 0 rings (SSSR count). The summed E-state index contributed by atoms with van der Waals surface area (Å²) in [4.78, 5) is 13.3. The van der Waals surface area contributed by atoms with E-state index in [9.17, 15) is 4.79 Å². The van der Waals surface area contributed by atoms with Gasteiger partial charge in [-0.2, -0.15) is 0 Å². The molecule has 0 unspecified atom stereocenters. The Morgan fingerprint density at radius 3 is 2.13 bits per heavy atom. The number of unbranched alkanes of at least 4 members (excludes halogenated alkanes) is 1. The van der Waals surface area contributed by atoms with Gasteiger partial charge in [0.2, 0.25) is 5.91 Å². The lowest BCUT2D eigenvalue weighted by Crippen LogP contribution is -2.37. The number of hydrogen-bond donors (Lipinski definition) is 2. The zero-order chi connectivity index (χ0) is 11.8. The molecule has 4 nitrogen and oxygen atoms in total. The monoisotopic (exact) mass is 215 g/mol. The van der Waals surface area contributed by atoms with Crippen LogP contribution in [0.3, 0.4) is 0 Å². The number of amides is 1. The Bertz CT molecular complexity index is 173. The van der Waals surface area contributed by atoms with Gasteiger partial charge in [-0.25, -0.2) is 5.84 Å². The fourth-order valence-corrected chi connectivity index (χ4v) is 1.76. The summed E-state index contributed by atoms with van der Waals surface area (Å²) in [5.41, 5.74) is 2.15. The van der Waals surface area contributed by atoms with Gasteiger partial charge in [-0.3, -0.25) is 15.1 Å². The van der Waals surface area contributed by atoms with Crippen molar-refractivity contribution < 1.29 is 4.79 Å². The standard InChI is InChI=1S/C11H25N3O/c1-9(2)14(10(3)4)8-6-5-7-11(15)13-12/h9-10H,5-8,12H2,1-4H3,(H,13,15). The van der Waals surface area contributed by atoms with Crippen LogP contribution in [-0.4, -0.2) is 29.4 Å². The minimum atomic E-state index is -0.0735. The second kappa shape index (κ2) is 7.65. The number of rotatable bonds is 7. The van der Waals surface area contributed by atoms with E-state index in [2.05, 4.69) is 38.0 Å².